The van der Waals surface area contributed by atoms with E-state index >= 15 is 0 Å². The zero-order valence-corrected chi connectivity index (χ0v) is 20.4. The van der Waals surface area contributed by atoms with Crippen LogP contribution in [0.15, 0.2) is 70.4 Å². The highest BCUT2D eigenvalue weighted by atomic mass is 32.2. The third kappa shape index (κ3) is 5.95. The average Bonchev–Trinajstić information content (AvgIpc) is 3.38. The first kappa shape index (κ1) is 24.6. The maximum atomic E-state index is 13.2. The number of carbonyl (C=O) groups is 1. The molecule has 0 saturated carbocycles. The van der Waals surface area contributed by atoms with Crippen molar-refractivity contribution in [3.8, 4) is 22.6 Å². The summed E-state index contributed by atoms with van der Waals surface area (Å²) in [7, 11) is -3.63. The van der Waals surface area contributed by atoms with Crippen LogP contribution in [0.2, 0.25) is 0 Å². The molecule has 1 fully saturated rings. The van der Waals surface area contributed by atoms with Gasteiger partial charge in [-0.2, -0.15) is 4.31 Å². The Balaban J connectivity index is 1.49. The number of sulfonamides is 1. The summed E-state index contributed by atoms with van der Waals surface area (Å²) in [6, 6.07) is 13.8. The van der Waals surface area contributed by atoms with Crippen molar-refractivity contribution in [1.82, 2.24) is 4.31 Å². The molecule has 0 amide bonds. The molecule has 35 heavy (non-hydrogen) atoms. The zero-order valence-electron chi connectivity index (χ0n) is 19.6. The van der Waals surface area contributed by atoms with Crippen LogP contribution in [0.4, 0.5) is 5.69 Å². The minimum Gasteiger partial charge on any atom is -0.491 e. The Bertz CT molecular complexity index is 1250. The number of hydrogen-bond donors (Lipinski definition) is 1. The maximum absolute atomic E-state index is 13.2. The molecule has 0 spiro atoms. The Labute approximate surface area is 204 Å². The van der Waals surface area contributed by atoms with Crippen molar-refractivity contribution in [2.75, 3.05) is 37.7 Å². The first-order chi connectivity index (χ1) is 16.7. The van der Waals surface area contributed by atoms with E-state index in [2.05, 4.69) is 4.90 Å². The molecule has 0 atom stereocenters. The first-order valence-corrected chi connectivity index (χ1v) is 12.7. The summed E-state index contributed by atoms with van der Waals surface area (Å²) in [5.41, 5.74) is 2.46. The number of furan rings is 1. The largest absolute Gasteiger partial charge is 0.491 e. The fourth-order valence-corrected chi connectivity index (χ4v) is 5.31. The van der Waals surface area contributed by atoms with E-state index in [-0.39, 0.29) is 11.0 Å². The minimum atomic E-state index is -3.63. The molecular weight excluding hydrogens is 472 g/mol. The lowest BCUT2D eigenvalue weighted by Gasteiger charge is -2.35. The normalized spacial score (nSPS) is 14.8. The van der Waals surface area contributed by atoms with Crippen LogP contribution in [0.3, 0.4) is 0 Å². The fraction of sp³-hybridized carbons (Fsp3) is 0.320. The van der Waals surface area contributed by atoms with Crippen molar-refractivity contribution in [3.05, 3.63) is 61.1 Å². The summed E-state index contributed by atoms with van der Waals surface area (Å²) >= 11 is 0. The van der Waals surface area contributed by atoms with Gasteiger partial charge in [0.2, 0.25) is 10.0 Å². The van der Waals surface area contributed by atoms with Crippen LogP contribution in [0, 0.1) is 0 Å². The van der Waals surface area contributed by atoms with Gasteiger partial charge in [-0.15, -0.1) is 0 Å². The van der Waals surface area contributed by atoms with Crippen molar-refractivity contribution in [1.29, 1.82) is 0 Å². The van der Waals surface area contributed by atoms with E-state index in [1.165, 1.54) is 4.31 Å². The number of carboxylic acid groups (broad SMARTS) is 1. The quantitative estimate of drug-likeness (QED) is 0.474. The van der Waals surface area contributed by atoms with Gasteiger partial charge in [0.05, 0.1) is 23.5 Å². The van der Waals surface area contributed by atoms with E-state index in [9.17, 15) is 13.2 Å². The second-order valence-electron chi connectivity index (χ2n) is 8.44. The van der Waals surface area contributed by atoms with Crippen LogP contribution in [0.5, 0.6) is 11.5 Å². The molecule has 10 heteroatoms. The predicted octanol–water partition coefficient (Wildman–Crippen LogP) is 3.71. The van der Waals surface area contributed by atoms with Gasteiger partial charge < -0.3 is 23.9 Å². The Morgan fingerprint density at radius 2 is 1.71 bits per heavy atom. The number of hydrogen-bond acceptors (Lipinski definition) is 7. The van der Waals surface area contributed by atoms with Gasteiger partial charge in [0.25, 0.3) is 0 Å². The molecule has 4 rings (SSSR count). The second-order valence-corrected chi connectivity index (χ2v) is 10.4. The first-order valence-electron chi connectivity index (χ1n) is 11.3. The molecule has 0 unspecified atom stereocenters. The highest BCUT2D eigenvalue weighted by Gasteiger charge is 2.29. The molecule has 1 aliphatic rings. The molecule has 1 saturated heterocycles. The minimum absolute atomic E-state index is 0.00703. The molecule has 1 N–H and O–H groups in total. The van der Waals surface area contributed by atoms with E-state index < -0.39 is 22.6 Å². The van der Waals surface area contributed by atoms with E-state index in [0.717, 1.165) is 16.8 Å². The molecule has 1 aliphatic heterocycles. The highest BCUT2D eigenvalue weighted by molar-refractivity contribution is 7.89. The number of carboxylic acids is 1. The maximum Gasteiger partial charge on any atom is 0.341 e. The number of aliphatic carboxylic acids is 1. The summed E-state index contributed by atoms with van der Waals surface area (Å²) in [5, 5.41) is 8.98. The number of piperazine rings is 1. The summed E-state index contributed by atoms with van der Waals surface area (Å²) in [6.07, 6.45) is 3.17. The summed E-state index contributed by atoms with van der Waals surface area (Å²) in [6.45, 7) is 4.94. The van der Waals surface area contributed by atoms with Gasteiger partial charge in [-0.3, -0.25) is 0 Å². The zero-order chi connectivity index (χ0) is 25.0. The molecule has 2 aromatic carbocycles. The third-order valence-electron chi connectivity index (χ3n) is 5.55. The standard InChI is InChI=1S/C25H28N2O7S/c1-18(2)34-22-3-5-24(6-4-22)35(30,31)27-10-8-26(9-11-27)21-13-20(19-7-12-32-16-19)14-23(15-21)33-17-25(28)29/h3-7,12-16,18H,8-11,17H2,1-2H3,(H,28,29). The van der Waals surface area contributed by atoms with Crippen molar-refractivity contribution >= 4 is 21.7 Å². The lowest BCUT2D eigenvalue weighted by Crippen LogP contribution is -2.48. The van der Waals surface area contributed by atoms with E-state index in [1.54, 1.807) is 48.9 Å². The lowest BCUT2D eigenvalue weighted by atomic mass is 10.1. The molecule has 9 nitrogen and oxygen atoms in total. The van der Waals surface area contributed by atoms with Gasteiger partial charge in [-0.1, -0.05) is 0 Å². The monoisotopic (exact) mass is 500 g/mol. The van der Waals surface area contributed by atoms with Crippen LogP contribution >= 0.6 is 0 Å². The number of nitrogens with zero attached hydrogens (tertiary/aromatic N) is 2. The van der Waals surface area contributed by atoms with E-state index in [1.807, 2.05) is 26.0 Å². The number of benzene rings is 2. The molecule has 1 aromatic heterocycles. The Hall–Kier alpha value is -3.50. The van der Waals surface area contributed by atoms with Gasteiger partial charge in [0.15, 0.2) is 6.61 Å². The van der Waals surface area contributed by atoms with Crippen molar-refractivity contribution in [3.63, 3.8) is 0 Å². The van der Waals surface area contributed by atoms with Crippen molar-refractivity contribution in [2.45, 2.75) is 24.8 Å². The van der Waals surface area contributed by atoms with Crippen molar-refractivity contribution in [2.24, 2.45) is 0 Å². The molecule has 186 valence electrons. The summed E-state index contributed by atoms with van der Waals surface area (Å²) in [4.78, 5) is 13.3. The van der Waals surface area contributed by atoms with Gasteiger partial charge in [0.1, 0.15) is 11.5 Å². The topological polar surface area (TPSA) is 110 Å². The molecular formula is C25H28N2O7S. The molecule has 3 aromatic rings. The molecule has 2 heterocycles. The second kappa shape index (κ2) is 10.4. The smallest absolute Gasteiger partial charge is 0.341 e. The number of rotatable bonds is 9. The Morgan fingerprint density at radius 3 is 2.31 bits per heavy atom. The summed E-state index contributed by atoms with van der Waals surface area (Å²) in [5.74, 6) is -0.0232. The molecule has 0 bridgehead atoms. The molecule has 0 radical (unpaired) electrons. The Morgan fingerprint density at radius 1 is 1.00 bits per heavy atom. The van der Waals surface area contributed by atoms with Crippen LogP contribution in [0.25, 0.3) is 11.1 Å². The number of ether oxygens (including phenoxy) is 2. The average molecular weight is 501 g/mol. The van der Waals surface area contributed by atoms with Crippen LogP contribution in [-0.2, 0) is 14.8 Å². The SMILES string of the molecule is CC(C)Oc1ccc(S(=O)(=O)N2CCN(c3cc(OCC(=O)O)cc(-c4ccoc4)c3)CC2)cc1. The Kier molecular flexibility index (Phi) is 7.32. The predicted molar refractivity (Wildman–Crippen MR) is 130 cm³/mol. The highest BCUT2D eigenvalue weighted by Crippen LogP contribution is 2.32. The van der Waals surface area contributed by atoms with Gasteiger partial charge in [0, 0.05) is 43.5 Å². The number of anilines is 1. The van der Waals surface area contributed by atoms with Crippen LogP contribution in [-0.4, -0.2) is 62.7 Å². The van der Waals surface area contributed by atoms with E-state index in [0.29, 0.717) is 37.7 Å². The van der Waals surface area contributed by atoms with Crippen molar-refractivity contribution < 1.29 is 32.2 Å². The van der Waals surface area contributed by atoms with Crippen LogP contribution in [0.1, 0.15) is 13.8 Å². The fourth-order valence-electron chi connectivity index (χ4n) is 3.89. The summed E-state index contributed by atoms with van der Waals surface area (Å²) < 4.78 is 44.0. The van der Waals surface area contributed by atoms with E-state index in [4.69, 9.17) is 19.0 Å². The lowest BCUT2D eigenvalue weighted by molar-refractivity contribution is -0.139. The van der Waals surface area contributed by atoms with Gasteiger partial charge >= 0.3 is 5.97 Å². The van der Waals surface area contributed by atoms with Crippen LogP contribution < -0.4 is 14.4 Å². The van der Waals surface area contributed by atoms with Gasteiger partial charge in [-0.05, 0) is 61.9 Å². The third-order valence-corrected chi connectivity index (χ3v) is 7.46. The molecule has 0 aliphatic carbocycles. The van der Waals surface area contributed by atoms with Gasteiger partial charge in [-0.25, -0.2) is 13.2 Å².